The molecule has 0 aromatic heterocycles. The van der Waals surface area contributed by atoms with Crippen LogP contribution in [-0.2, 0) is 17.8 Å². The Labute approximate surface area is 164 Å². The lowest BCUT2D eigenvalue weighted by molar-refractivity contribution is 0.148. The van der Waals surface area contributed by atoms with Crippen molar-refractivity contribution in [2.24, 2.45) is 0 Å². The van der Waals surface area contributed by atoms with Crippen LogP contribution in [0, 0.1) is 0 Å². The average molecular weight is 361 g/mol. The van der Waals surface area contributed by atoms with Crippen molar-refractivity contribution in [2.45, 2.75) is 57.5 Å². The maximum atomic E-state index is 5.64. The van der Waals surface area contributed by atoms with Gasteiger partial charge in [-0.25, -0.2) is 0 Å². The molecule has 0 bridgehead atoms. The van der Waals surface area contributed by atoms with Gasteiger partial charge < -0.3 is 4.74 Å². The van der Waals surface area contributed by atoms with Crippen molar-refractivity contribution in [3.63, 3.8) is 0 Å². The van der Waals surface area contributed by atoms with Gasteiger partial charge in [-0.3, -0.25) is 0 Å². The first-order valence-electron chi connectivity index (χ1n) is 10.3. The summed E-state index contributed by atoms with van der Waals surface area (Å²) in [6, 6.07) is 18.3. The average Bonchev–Trinajstić information content (AvgIpc) is 2.73. The summed E-state index contributed by atoms with van der Waals surface area (Å²) >= 11 is 0. The smallest absolute Gasteiger partial charge is 0.0721 e. The van der Waals surface area contributed by atoms with Gasteiger partial charge in [-0.1, -0.05) is 66.8 Å². The van der Waals surface area contributed by atoms with Gasteiger partial charge in [-0.2, -0.15) is 0 Å². The monoisotopic (exact) mass is 360 g/mol. The molecule has 3 rings (SSSR count). The van der Waals surface area contributed by atoms with E-state index in [1.165, 1.54) is 47.9 Å². The van der Waals surface area contributed by atoms with Gasteiger partial charge in [0.05, 0.1) is 13.2 Å². The lowest BCUT2D eigenvalue weighted by Crippen LogP contribution is -2.12. The van der Waals surface area contributed by atoms with E-state index in [2.05, 4.69) is 55.1 Å². The molecule has 1 fully saturated rings. The van der Waals surface area contributed by atoms with Crippen LogP contribution < -0.4 is 0 Å². The minimum absolute atomic E-state index is 0.691. The fraction of sp³-hybridized carbons (Fsp3) is 0.385. The lowest BCUT2D eigenvalue weighted by Gasteiger charge is -2.29. The summed E-state index contributed by atoms with van der Waals surface area (Å²) in [6.45, 7) is 7.23. The summed E-state index contributed by atoms with van der Waals surface area (Å²) in [4.78, 5) is 0. The van der Waals surface area contributed by atoms with Crippen molar-refractivity contribution >= 4 is 0 Å². The van der Waals surface area contributed by atoms with E-state index in [1.54, 1.807) is 0 Å². The summed E-state index contributed by atoms with van der Waals surface area (Å²) in [5.74, 6) is 1.43. The fourth-order valence-corrected chi connectivity index (χ4v) is 4.08. The van der Waals surface area contributed by atoms with Crippen LogP contribution in [0.25, 0.3) is 0 Å². The molecule has 1 nitrogen and oxygen atoms in total. The normalized spacial score (nSPS) is 20.0. The topological polar surface area (TPSA) is 9.23 Å². The van der Waals surface area contributed by atoms with Gasteiger partial charge in [0.15, 0.2) is 0 Å². The highest BCUT2D eigenvalue weighted by atomic mass is 16.5. The predicted molar refractivity (Wildman–Crippen MR) is 115 cm³/mol. The molecule has 1 saturated carbocycles. The Morgan fingerprint density at radius 1 is 0.852 bits per heavy atom. The van der Waals surface area contributed by atoms with Gasteiger partial charge in [-0.15, -0.1) is 6.58 Å². The van der Waals surface area contributed by atoms with Crippen LogP contribution in [0.2, 0.25) is 0 Å². The Balaban J connectivity index is 1.50. The number of ether oxygens (including phenoxy) is 1. The summed E-state index contributed by atoms with van der Waals surface area (Å²) in [7, 11) is 0. The zero-order chi connectivity index (χ0) is 18.9. The van der Waals surface area contributed by atoms with Crippen LogP contribution in [0.3, 0.4) is 0 Å². The second-order valence-corrected chi connectivity index (χ2v) is 7.61. The summed E-state index contributed by atoms with van der Waals surface area (Å²) in [5, 5.41) is 0. The van der Waals surface area contributed by atoms with Crippen LogP contribution in [0.5, 0.6) is 0 Å². The number of rotatable bonds is 8. The largest absolute Gasteiger partial charge is 0.373 e. The molecule has 0 unspecified atom stereocenters. The first kappa shape index (κ1) is 19.6. The standard InChI is InChI=1S/C26H32O/c1-3-5-19-27-20-22-9-13-24(14-10-22)26-17-15-25(16-18-26)23-11-7-21(6-4-2)8-12-23/h3-5,7-14,25-26H,2,6,15-20H2,1H3/b5-3+/t25-,26-. The van der Waals surface area contributed by atoms with Crippen LogP contribution in [0.1, 0.15) is 66.7 Å². The third-order valence-corrected chi connectivity index (χ3v) is 5.73. The summed E-state index contributed by atoms with van der Waals surface area (Å²) in [5.41, 5.74) is 5.62. The molecule has 0 atom stereocenters. The highest BCUT2D eigenvalue weighted by Crippen LogP contribution is 2.40. The molecule has 1 aliphatic carbocycles. The van der Waals surface area contributed by atoms with E-state index in [0.29, 0.717) is 19.1 Å². The van der Waals surface area contributed by atoms with Crippen molar-refractivity contribution in [3.05, 3.63) is 95.6 Å². The van der Waals surface area contributed by atoms with Crippen molar-refractivity contribution in [2.75, 3.05) is 6.61 Å². The Morgan fingerprint density at radius 2 is 1.37 bits per heavy atom. The zero-order valence-corrected chi connectivity index (χ0v) is 16.6. The maximum absolute atomic E-state index is 5.64. The molecule has 0 amide bonds. The molecule has 0 saturated heterocycles. The van der Waals surface area contributed by atoms with E-state index in [4.69, 9.17) is 4.74 Å². The second-order valence-electron chi connectivity index (χ2n) is 7.61. The van der Waals surface area contributed by atoms with Gasteiger partial charge in [0.1, 0.15) is 0 Å². The first-order valence-corrected chi connectivity index (χ1v) is 10.3. The molecular formula is C26H32O. The van der Waals surface area contributed by atoms with E-state index in [-0.39, 0.29) is 0 Å². The molecule has 0 heterocycles. The molecule has 0 radical (unpaired) electrons. The molecule has 2 aromatic rings. The molecule has 27 heavy (non-hydrogen) atoms. The Hall–Kier alpha value is -2.12. The third-order valence-electron chi connectivity index (χ3n) is 5.73. The zero-order valence-electron chi connectivity index (χ0n) is 16.6. The molecule has 1 heteroatoms. The molecule has 0 N–H and O–H groups in total. The lowest BCUT2D eigenvalue weighted by atomic mass is 9.76. The van der Waals surface area contributed by atoms with Gasteiger partial charge in [-0.05, 0) is 73.1 Å². The Morgan fingerprint density at radius 3 is 1.85 bits per heavy atom. The van der Waals surface area contributed by atoms with Crippen LogP contribution in [-0.4, -0.2) is 6.61 Å². The Kier molecular flexibility index (Phi) is 7.47. The highest BCUT2D eigenvalue weighted by molar-refractivity contribution is 5.29. The number of benzene rings is 2. The molecule has 142 valence electrons. The van der Waals surface area contributed by atoms with Crippen LogP contribution in [0.15, 0.2) is 73.3 Å². The third kappa shape index (κ3) is 5.68. The maximum Gasteiger partial charge on any atom is 0.0721 e. The fourth-order valence-electron chi connectivity index (χ4n) is 4.08. The van der Waals surface area contributed by atoms with E-state index >= 15 is 0 Å². The van der Waals surface area contributed by atoms with Gasteiger partial charge >= 0.3 is 0 Å². The molecule has 2 aromatic carbocycles. The number of hydrogen-bond acceptors (Lipinski definition) is 1. The van der Waals surface area contributed by atoms with E-state index in [1.807, 2.05) is 25.2 Å². The number of allylic oxidation sites excluding steroid dienone is 2. The highest BCUT2D eigenvalue weighted by Gasteiger charge is 2.23. The van der Waals surface area contributed by atoms with Crippen LogP contribution >= 0.6 is 0 Å². The first-order chi connectivity index (χ1) is 13.3. The van der Waals surface area contributed by atoms with Gasteiger partial charge in [0.25, 0.3) is 0 Å². The van der Waals surface area contributed by atoms with E-state index < -0.39 is 0 Å². The second kappa shape index (κ2) is 10.3. The van der Waals surface area contributed by atoms with E-state index in [0.717, 1.165) is 12.3 Å². The molecular weight excluding hydrogens is 328 g/mol. The summed E-state index contributed by atoms with van der Waals surface area (Å²) < 4.78 is 5.64. The number of hydrogen-bond donors (Lipinski definition) is 0. The van der Waals surface area contributed by atoms with Gasteiger partial charge in [0.2, 0.25) is 0 Å². The summed E-state index contributed by atoms with van der Waals surface area (Å²) in [6.07, 6.45) is 12.2. The van der Waals surface area contributed by atoms with Gasteiger partial charge in [0, 0.05) is 0 Å². The molecule has 0 aliphatic heterocycles. The predicted octanol–water partition coefficient (Wildman–Crippen LogP) is 6.95. The minimum Gasteiger partial charge on any atom is -0.373 e. The van der Waals surface area contributed by atoms with Crippen LogP contribution in [0.4, 0.5) is 0 Å². The SMILES string of the molecule is C=CCc1ccc([C@H]2CC[C@H](c3ccc(COC/C=C/C)cc3)CC2)cc1. The Bertz CT molecular complexity index is 716. The van der Waals surface area contributed by atoms with Crippen molar-refractivity contribution in [3.8, 4) is 0 Å². The molecule has 1 aliphatic rings. The van der Waals surface area contributed by atoms with E-state index in [9.17, 15) is 0 Å². The minimum atomic E-state index is 0.691. The van der Waals surface area contributed by atoms with Crippen molar-refractivity contribution in [1.82, 2.24) is 0 Å². The van der Waals surface area contributed by atoms with Crippen molar-refractivity contribution in [1.29, 1.82) is 0 Å². The van der Waals surface area contributed by atoms with Crippen molar-refractivity contribution < 1.29 is 4.74 Å². The quantitative estimate of drug-likeness (QED) is 0.365. The molecule has 0 spiro atoms.